The van der Waals surface area contributed by atoms with E-state index in [9.17, 15) is 9.59 Å². The smallest absolute Gasteiger partial charge is 0.323 e. The third kappa shape index (κ3) is 4.61. The van der Waals surface area contributed by atoms with E-state index in [-0.39, 0.29) is 11.6 Å². The molecule has 1 atom stereocenters. The second-order valence-corrected chi connectivity index (χ2v) is 8.25. The lowest BCUT2D eigenvalue weighted by atomic mass is 9.86. The van der Waals surface area contributed by atoms with E-state index in [4.69, 9.17) is 0 Å². The first kappa shape index (κ1) is 18.3. The summed E-state index contributed by atoms with van der Waals surface area (Å²) >= 11 is 0. The van der Waals surface area contributed by atoms with Crippen molar-refractivity contribution in [1.29, 1.82) is 0 Å². The summed E-state index contributed by atoms with van der Waals surface area (Å²) < 4.78 is 0. The summed E-state index contributed by atoms with van der Waals surface area (Å²) in [6.07, 6.45) is 8.02. The van der Waals surface area contributed by atoms with Gasteiger partial charge < -0.3 is 20.2 Å². The van der Waals surface area contributed by atoms with E-state index in [2.05, 4.69) is 15.3 Å². The summed E-state index contributed by atoms with van der Waals surface area (Å²) in [5.41, 5.74) is 2.29. The van der Waals surface area contributed by atoms with Crippen LogP contribution in [0.4, 0.5) is 0 Å². The quantitative estimate of drug-likeness (QED) is 0.756. The van der Waals surface area contributed by atoms with Crippen molar-refractivity contribution in [2.75, 3.05) is 26.2 Å². The van der Waals surface area contributed by atoms with Gasteiger partial charge in [-0.25, -0.2) is 4.79 Å². The number of carbonyl (C=O) groups excluding carboxylic acids is 1. The van der Waals surface area contributed by atoms with Gasteiger partial charge in [-0.3, -0.25) is 4.79 Å². The van der Waals surface area contributed by atoms with E-state index in [1.807, 2.05) is 23.1 Å². The highest BCUT2D eigenvalue weighted by atomic mass is 16.2. The number of rotatable bonds is 5. The molecule has 0 aliphatic carbocycles. The molecule has 27 heavy (non-hydrogen) atoms. The minimum atomic E-state index is -0.209. The molecule has 1 aromatic heterocycles. The van der Waals surface area contributed by atoms with Crippen molar-refractivity contribution >= 4 is 16.9 Å². The molecule has 6 nitrogen and oxygen atoms in total. The maximum Gasteiger partial charge on any atom is 0.323 e. The lowest BCUT2D eigenvalue weighted by molar-refractivity contribution is -0.131. The number of benzene rings is 1. The second-order valence-electron chi connectivity index (χ2n) is 8.25. The Hall–Kier alpha value is -2.08. The predicted molar refractivity (Wildman–Crippen MR) is 107 cm³/mol. The number of piperidine rings is 2. The van der Waals surface area contributed by atoms with E-state index >= 15 is 0 Å². The Kier molecular flexibility index (Phi) is 5.62. The number of likely N-dealkylation sites (tertiary alicyclic amines) is 1. The lowest BCUT2D eigenvalue weighted by Crippen LogP contribution is -2.39. The summed E-state index contributed by atoms with van der Waals surface area (Å²) in [4.78, 5) is 31.5. The molecular formula is C21H30N4O2. The fourth-order valence-electron chi connectivity index (χ4n) is 4.59. The van der Waals surface area contributed by atoms with Crippen LogP contribution in [0.25, 0.3) is 11.0 Å². The number of aromatic nitrogens is 2. The molecule has 2 aliphatic heterocycles. The first-order valence-corrected chi connectivity index (χ1v) is 10.4. The average Bonchev–Trinajstić information content (AvgIpc) is 3.07. The minimum absolute atomic E-state index is 0.196. The first-order chi connectivity index (χ1) is 13.2. The summed E-state index contributed by atoms with van der Waals surface area (Å²) in [7, 11) is 0. The molecule has 2 aromatic rings. The number of hydrogen-bond donors (Lipinski definition) is 3. The molecular weight excluding hydrogens is 340 g/mol. The number of imidazole rings is 1. The fraction of sp³-hybridized carbons (Fsp3) is 0.619. The maximum absolute atomic E-state index is 12.7. The largest absolute Gasteiger partial charge is 0.342 e. The second kappa shape index (κ2) is 8.30. The van der Waals surface area contributed by atoms with Gasteiger partial charge in [0.05, 0.1) is 17.5 Å². The van der Waals surface area contributed by atoms with Gasteiger partial charge in [0.15, 0.2) is 0 Å². The Morgan fingerprint density at radius 1 is 1.04 bits per heavy atom. The number of fused-ring (bicyclic) bond motifs is 1. The summed E-state index contributed by atoms with van der Waals surface area (Å²) in [6.45, 7) is 4.14. The van der Waals surface area contributed by atoms with Gasteiger partial charge in [0.25, 0.3) is 0 Å². The molecule has 1 unspecified atom stereocenters. The highest BCUT2D eigenvalue weighted by Crippen LogP contribution is 2.26. The summed E-state index contributed by atoms with van der Waals surface area (Å²) in [5.74, 6) is 1.83. The molecule has 4 rings (SSSR count). The molecule has 3 N–H and O–H groups in total. The van der Waals surface area contributed by atoms with Crippen LogP contribution in [0.1, 0.15) is 44.1 Å². The molecule has 0 radical (unpaired) electrons. The minimum Gasteiger partial charge on any atom is -0.342 e. The van der Waals surface area contributed by atoms with Crippen LogP contribution in [0.2, 0.25) is 0 Å². The molecule has 0 bridgehead atoms. The van der Waals surface area contributed by atoms with Crippen molar-refractivity contribution in [3.05, 3.63) is 34.2 Å². The fourth-order valence-corrected chi connectivity index (χ4v) is 4.59. The molecule has 2 saturated heterocycles. The summed E-state index contributed by atoms with van der Waals surface area (Å²) in [5, 5.41) is 3.51. The van der Waals surface area contributed by atoms with E-state index < -0.39 is 0 Å². The molecule has 146 valence electrons. The van der Waals surface area contributed by atoms with Gasteiger partial charge in [0.2, 0.25) is 5.91 Å². The third-order valence-corrected chi connectivity index (χ3v) is 6.29. The normalized spacial score (nSPS) is 21.6. The zero-order valence-corrected chi connectivity index (χ0v) is 15.9. The van der Waals surface area contributed by atoms with Gasteiger partial charge in [-0.2, -0.15) is 0 Å². The van der Waals surface area contributed by atoms with Crippen LogP contribution in [-0.4, -0.2) is 47.0 Å². The van der Waals surface area contributed by atoms with Crippen LogP contribution in [0, 0.1) is 11.8 Å². The number of aromatic amines is 2. The molecule has 0 spiro atoms. The van der Waals surface area contributed by atoms with Crippen LogP contribution in [0.3, 0.4) is 0 Å². The molecule has 1 amide bonds. The van der Waals surface area contributed by atoms with Gasteiger partial charge in [0.1, 0.15) is 0 Å². The summed E-state index contributed by atoms with van der Waals surface area (Å²) in [6, 6.07) is 5.69. The Bertz CT molecular complexity index is 826. The monoisotopic (exact) mass is 370 g/mol. The van der Waals surface area contributed by atoms with Crippen LogP contribution in [-0.2, 0) is 11.2 Å². The van der Waals surface area contributed by atoms with Crippen LogP contribution >= 0.6 is 0 Å². The van der Waals surface area contributed by atoms with Crippen LogP contribution < -0.4 is 11.0 Å². The van der Waals surface area contributed by atoms with Crippen molar-refractivity contribution < 1.29 is 4.79 Å². The SMILES string of the molecule is O=C(Cc1ccc2[nH]c(=O)[nH]c2c1)N1CCC(CCC2CCCNC2)CC1. The third-order valence-electron chi connectivity index (χ3n) is 6.29. The molecule has 2 fully saturated rings. The number of H-pyrrole nitrogens is 2. The zero-order chi connectivity index (χ0) is 18.6. The average molecular weight is 370 g/mol. The molecule has 6 heteroatoms. The van der Waals surface area contributed by atoms with Crippen molar-refractivity contribution in [3.8, 4) is 0 Å². The van der Waals surface area contributed by atoms with Gasteiger partial charge in [-0.1, -0.05) is 12.5 Å². The van der Waals surface area contributed by atoms with Crippen LogP contribution in [0.5, 0.6) is 0 Å². The molecule has 0 saturated carbocycles. The van der Waals surface area contributed by atoms with Crippen molar-refractivity contribution in [1.82, 2.24) is 20.2 Å². The standard InChI is InChI=1S/C21H30N4O2/c26-20(13-17-5-6-18-19(12-17)24-21(27)23-18)25-10-7-15(8-11-25)3-4-16-2-1-9-22-14-16/h5-6,12,15-16,22H,1-4,7-11,13-14H2,(H2,23,24,27). The Labute approximate surface area is 159 Å². The van der Waals surface area contributed by atoms with E-state index in [0.717, 1.165) is 54.4 Å². The number of carbonyl (C=O) groups is 1. The maximum atomic E-state index is 12.7. The van der Waals surface area contributed by atoms with Crippen molar-refractivity contribution in [2.45, 2.75) is 44.9 Å². The van der Waals surface area contributed by atoms with Crippen molar-refractivity contribution in [3.63, 3.8) is 0 Å². The highest BCUT2D eigenvalue weighted by molar-refractivity contribution is 5.81. The highest BCUT2D eigenvalue weighted by Gasteiger charge is 2.24. The Morgan fingerprint density at radius 3 is 2.59 bits per heavy atom. The topological polar surface area (TPSA) is 81.0 Å². The number of nitrogens with zero attached hydrogens (tertiary/aromatic N) is 1. The zero-order valence-electron chi connectivity index (χ0n) is 15.9. The predicted octanol–water partition coefficient (Wildman–Crippen LogP) is 2.42. The molecule has 2 aliphatic rings. The first-order valence-electron chi connectivity index (χ1n) is 10.4. The van der Waals surface area contributed by atoms with E-state index in [1.54, 1.807) is 0 Å². The van der Waals surface area contributed by atoms with Gasteiger partial charge >= 0.3 is 5.69 Å². The Morgan fingerprint density at radius 2 is 1.81 bits per heavy atom. The van der Waals surface area contributed by atoms with Gasteiger partial charge in [-0.05, 0) is 74.7 Å². The number of amides is 1. The van der Waals surface area contributed by atoms with Crippen LogP contribution in [0.15, 0.2) is 23.0 Å². The Balaban J connectivity index is 1.24. The van der Waals surface area contributed by atoms with Gasteiger partial charge in [0, 0.05) is 13.1 Å². The molecule has 3 heterocycles. The number of hydrogen-bond acceptors (Lipinski definition) is 3. The lowest BCUT2D eigenvalue weighted by Gasteiger charge is -2.33. The van der Waals surface area contributed by atoms with E-state index in [0.29, 0.717) is 6.42 Å². The van der Waals surface area contributed by atoms with Gasteiger partial charge in [-0.15, -0.1) is 0 Å². The van der Waals surface area contributed by atoms with E-state index in [1.165, 1.54) is 38.8 Å². The molecule has 1 aromatic carbocycles. The number of nitrogens with one attached hydrogen (secondary N) is 3. The van der Waals surface area contributed by atoms with Crippen molar-refractivity contribution in [2.24, 2.45) is 11.8 Å².